The minimum atomic E-state index is 0. The Bertz CT molecular complexity index is 688. The standard InChI is InChI=1S/C21H32N6.HI/c1-18-15-20(9-13-27(18)16-19-7-4-3-5-8-19)25-21(22-2)24-10-6-12-26-14-11-23-17-26;/h3-5,7-8,11,14,17-18,20H,6,9-10,12-13,15-16H2,1-2H3,(H2,22,24,25);1H. The van der Waals surface area contributed by atoms with Crippen molar-refractivity contribution in [1.82, 2.24) is 25.1 Å². The van der Waals surface area contributed by atoms with Gasteiger partial charge in [0.25, 0.3) is 0 Å². The average molecular weight is 496 g/mol. The highest BCUT2D eigenvalue weighted by molar-refractivity contribution is 14.0. The van der Waals surface area contributed by atoms with E-state index in [-0.39, 0.29) is 24.0 Å². The van der Waals surface area contributed by atoms with Gasteiger partial charge in [0.2, 0.25) is 0 Å². The lowest BCUT2D eigenvalue weighted by atomic mass is 9.97. The molecule has 28 heavy (non-hydrogen) atoms. The summed E-state index contributed by atoms with van der Waals surface area (Å²) in [5.74, 6) is 0.911. The Morgan fingerprint density at radius 1 is 1.29 bits per heavy atom. The minimum Gasteiger partial charge on any atom is -0.356 e. The Hall–Kier alpha value is -1.61. The quantitative estimate of drug-likeness (QED) is 0.268. The fourth-order valence-corrected chi connectivity index (χ4v) is 3.68. The number of likely N-dealkylation sites (tertiary alicyclic amines) is 1. The molecule has 1 aromatic heterocycles. The molecule has 2 aromatic rings. The molecule has 0 aliphatic carbocycles. The van der Waals surface area contributed by atoms with Gasteiger partial charge in [-0.2, -0.15) is 0 Å². The maximum Gasteiger partial charge on any atom is 0.191 e. The van der Waals surface area contributed by atoms with E-state index in [0.29, 0.717) is 12.1 Å². The van der Waals surface area contributed by atoms with Gasteiger partial charge in [-0.15, -0.1) is 24.0 Å². The first-order valence-electron chi connectivity index (χ1n) is 9.95. The van der Waals surface area contributed by atoms with Gasteiger partial charge in [-0.25, -0.2) is 4.98 Å². The highest BCUT2D eigenvalue weighted by Crippen LogP contribution is 2.19. The Kier molecular flexibility index (Phi) is 9.77. The lowest BCUT2D eigenvalue weighted by Crippen LogP contribution is -2.51. The zero-order chi connectivity index (χ0) is 18.9. The van der Waals surface area contributed by atoms with E-state index in [4.69, 9.17) is 0 Å². The van der Waals surface area contributed by atoms with Crippen LogP contribution in [-0.2, 0) is 13.1 Å². The summed E-state index contributed by atoms with van der Waals surface area (Å²) in [5, 5.41) is 7.04. The van der Waals surface area contributed by atoms with Gasteiger partial charge in [-0.1, -0.05) is 30.3 Å². The molecule has 0 bridgehead atoms. The first kappa shape index (κ1) is 22.7. The summed E-state index contributed by atoms with van der Waals surface area (Å²) in [7, 11) is 1.85. The predicted molar refractivity (Wildman–Crippen MR) is 126 cm³/mol. The molecule has 1 aromatic carbocycles. The number of aryl methyl sites for hydroxylation is 1. The number of nitrogens with zero attached hydrogens (tertiary/aromatic N) is 4. The zero-order valence-corrected chi connectivity index (χ0v) is 19.3. The van der Waals surface area contributed by atoms with E-state index >= 15 is 0 Å². The second-order valence-corrected chi connectivity index (χ2v) is 7.32. The number of nitrogens with one attached hydrogen (secondary N) is 2. The van der Waals surface area contributed by atoms with Crippen molar-refractivity contribution in [3.63, 3.8) is 0 Å². The molecule has 1 fully saturated rings. The van der Waals surface area contributed by atoms with Crippen LogP contribution in [-0.4, -0.2) is 52.6 Å². The van der Waals surface area contributed by atoms with Gasteiger partial charge in [0.1, 0.15) is 0 Å². The van der Waals surface area contributed by atoms with Crippen molar-refractivity contribution in [3.8, 4) is 0 Å². The van der Waals surface area contributed by atoms with Crippen LogP contribution in [0.5, 0.6) is 0 Å². The van der Waals surface area contributed by atoms with Crippen molar-refractivity contribution >= 4 is 29.9 Å². The first-order valence-corrected chi connectivity index (χ1v) is 9.95. The number of hydrogen-bond donors (Lipinski definition) is 2. The number of guanidine groups is 1. The molecule has 0 radical (unpaired) electrons. The van der Waals surface area contributed by atoms with Crippen LogP contribution in [0.4, 0.5) is 0 Å². The van der Waals surface area contributed by atoms with Gasteiger partial charge in [-0.3, -0.25) is 9.89 Å². The number of benzene rings is 1. The second kappa shape index (κ2) is 12.1. The topological polar surface area (TPSA) is 57.5 Å². The number of piperidine rings is 1. The number of aliphatic imine (C=N–C) groups is 1. The van der Waals surface area contributed by atoms with Crippen LogP contribution in [0.3, 0.4) is 0 Å². The normalized spacial score (nSPS) is 20.4. The smallest absolute Gasteiger partial charge is 0.191 e. The van der Waals surface area contributed by atoms with E-state index < -0.39 is 0 Å². The lowest BCUT2D eigenvalue weighted by Gasteiger charge is -2.38. The number of aromatic nitrogens is 2. The summed E-state index contributed by atoms with van der Waals surface area (Å²) in [6.07, 6.45) is 9.01. The van der Waals surface area contributed by atoms with E-state index in [0.717, 1.165) is 51.4 Å². The third-order valence-corrected chi connectivity index (χ3v) is 5.25. The lowest BCUT2D eigenvalue weighted by molar-refractivity contribution is 0.134. The van der Waals surface area contributed by atoms with E-state index in [1.54, 1.807) is 0 Å². The van der Waals surface area contributed by atoms with Crippen LogP contribution >= 0.6 is 24.0 Å². The molecule has 154 valence electrons. The molecule has 0 amide bonds. The molecule has 1 saturated heterocycles. The molecule has 2 N–H and O–H groups in total. The summed E-state index contributed by atoms with van der Waals surface area (Å²) in [4.78, 5) is 11.0. The van der Waals surface area contributed by atoms with Crippen molar-refractivity contribution in [2.24, 2.45) is 4.99 Å². The minimum absolute atomic E-state index is 0. The molecular weight excluding hydrogens is 463 g/mol. The Morgan fingerprint density at radius 2 is 2.11 bits per heavy atom. The van der Waals surface area contributed by atoms with Crippen LogP contribution in [0.2, 0.25) is 0 Å². The highest BCUT2D eigenvalue weighted by Gasteiger charge is 2.25. The molecule has 1 aliphatic heterocycles. The fourth-order valence-electron chi connectivity index (χ4n) is 3.68. The molecule has 3 rings (SSSR count). The predicted octanol–water partition coefficient (Wildman–Crippen LogP) is 3.11. The van der Waals surface area contributed by atoms with Crippen molar-refractivity contribution in [1.29, 1.82) is 0 Å². The van der Waals surface area contributed by atoms with E-state index in [1.165, 1.54) is 5.56 Å². The summed E-state index contributed by atoms with van der Waals surface area (Å²) < 4.78 is 2.10. The third kappa shape index (κ3) is 7.09. The van der Waals surface area contributed by atoms with Crippen LogP contribution in [0, 0.1) is 0 Å². The summed E-state index contributed by atoms with van der Waals surface area (Å²) in [6, 6.07) is 11.8. The molecule has 0 saturated carbocycles. The highest BCUT2D eigenvalue weighted by atomic mass is 127. The van der Waals surface area contributed by atoms with Gasteiger partial charge < -0.3 is 15.2 Å². The summed E-state index contributed by atoms with van der Waals surface area (Å²) in [5.41, 5.74) is 1.39. The van der Waals surface area contributed by atoms with Gasteiger partial charge in [0, 0.05) is 57.7 Å². The van der Waals surface area contributed by atoms with Crippen LogP contribution < -0.4 is 10.6 Å². The molecule has 2 atom stereocenters. The SMILES string of the molecule is CN=C(NCCCn1ccnc1)NC1CCN(Cc2ccccc2)C(C)C1.I. The molecule has 2 unspecified atom stereocenters. The average Bonchev–Trinajstić information content (AvgIpc) is 3.20. The van der Waals surface area contributed by atoms with E-state index in [1.807, 2.05) is 25.8 Å². The van der Waals surface area contributed by atoms with Crippen molar-refractivity contribution < 1.29 is 0 Å². The molecule has 1 aliphatic rings. The number of rotatable bonds is 7. The van der Waals surface area contributed by atoms with Crippen LogP contribution in [0.25, 0.3) is 0 Å². The third-order valence-electron chi connectivity index (χ3n) is 5.25. The largest absolute Gasteiger partial charge is 0.356 e. The second-order valence-electron chi connectivity index (χ2n) is 7.32. The van der Waals surface area contributed by atoms with Gasteiger partial charge in [0.15, 0.2) is 5.96 Å². The monoisotopic (exact) mass is 496 g/mol. The van der Waals surface area contributed by atoms with Crippen LogP contribution in [0.15, 0.2) is 54.0 Å². The Balaban J connectivity index is 0.00000280. The zero-order valence-electron chi connectivity index (χ0n) is 16.9. The first-order chi connectivity index (χ1) is 13.2. The Labute approximate surface area is 185 Å². The van der Waals surface area contributed by atoms with Gasteiger partial charge in [0.05, 0.1) is 6.33 Å². The molecule has 6 nitrogen and oxygen atoms in total. The van der Waals surface area contributed by atoms with Crippen molar-refractivity contribution in [3.05, 3.63) is 54.6 Å². The molecule has 7 heteroatoms. The van der Waals surface area contributed by atoms with Crippen molar-refractivity contribution in [2.75, 3.05) is 20.1 Å². The number of hydrogen-bond acceptors (Lipinski definition) is 3. The maximum absolute atomic E-state index is 4.39. The fraction of sp³-hybridized carbons (Fsp3) is 0.524. The van der Waals surface area contributed by atoms with Crippen LogP contribution in [0.1, 0.15) is 31.7 Å². The Morgan fingerprint density at radius 3 is 2.79 bits per heavy atom. The maximum atomic E-state index is 4.39. The van der Waals surface area contributed by atoms with Crippen molar-refractivity contribution in [2.45, 2.75) is 51.4 Å². The van der Waals surface area contributed by atoms with E-state index in [2.05, 4.69) is 67.3 Å². The number of halogens is 1. The molecule has 0 spiro atoms. The van der Waals surface area contributed by atoms with E-state index in [9.17, 15) is 0 Å². The molecular formula is C21H33IN6. The number of imidazole rings is 1. The molecule has 2 heterocycles. The summed E-state index contributed by atoms with van der Waals surface area (Å²) >= 11 is 0. The summed E-state index contributed by atoms with van der Waals surface area (Å²) in [6.45, 7) is 6.36. The van der Waals surface area contributed by atoms with Gasteiger partial charge in [-0.05, 0) is 31.7 Å². The van der Waals surface area contributed by atoms with Gasteiger partial charge >= 0.3 is 0 Å².